The normalized spacial score (nSPS) is 10.8. The van der Waals surface area contributed by atoms with E-state index in [9.17, 15) is 4.79 Å². The summed E-state index contributed by atoms with van der Waals surface area (Å²) < 4.78 is 0. The molecule has 0 aliphatic heterocycles. The molecule has 0 spiro atoms. The maximum atomic E-state index is 12.1. The van der Waals surface area contributed by atoms with Gasteiger partial charge in [-0.1, -0.05) is 37.6 Å². The first kappa shape index (κ1) is 13.6. The van der Waals surface area contributed by atoms with Gasteiger partial charge >= 0.3 is 0 Å². The zero-order valence-corrected chi connectivity index (χ0v) is 11.9. The number of carbonyl (C=O) groups is 1. The van der Waals surface area contributed by atoms with E-state index in [-0.39, 0.29) is 5.91 Å². The summed E-state index contributed by atoms with van der Waals surface area (Å²) in [5.41, 5.74) is 2.31. The van der Waals surface area contributed by atoms with E-state index >= 15 is 0 Å². The Morgan fingerprint density at radius 2 is 2.16 bits per heavy atom. The number of carbonyl (C=O) groups excluding carboxylic acids is 1. The molecule has 2 aromatic rings. The summed E-state index contributed by atoms with van der Waals surface area (Å²) in [7, 11) is 0. The molecule has 0 unspecified atom stereocenters. The minimum absolute atomic E-state index is 0.254. The zero-order chi connectivity index (χ0) is 14.0. The van der Waals surface area contributed by atoms with Gasteiger partial charge in [-0.2, -0.15) is 5.10 Å². The molecule has 0 saturated carbocycles. The van der Waals surface area contributed by atoms with Crippen LogP contribution in [0.1, 0.15) is 41.4 Å². The molecule has 0 aliphatic carbocycles. The van der Waals surface area contributed by atoms with Crippen LogP contribution in [0.3, 0.4) is 0 Å². The second-order valence-electron chi connectivity index (χ2n) is 4.75. The van der Waals surface area contributed by atoms with Gasteiger partial charge in [0.05, 0.1) is 10.6 Å². The first-order chi connectivity index (χ1) is 8.99. The highest BCUT2D eigenvalue weighted by molar-refractivity contribution is 6.35. The monoisotopic (exact) mass is 277 g/mol. The summed E-state index contributed by atoms with van der Waals surface area (Å²) in [5.74, 6) is 0.586. The van der Waals surface area contributed by atoms with Crippen molar-refractivity contribution >= 4 is 23.3 Å². The summed E-state index contributed by atoms with van der Waals surface area (Å²) in [5, 5.41) is 10.2. The molecular weight excluding hydrogens is 262 g/mol. The number of hydrogen-bond acceptors (Lipinski definition) is 2. The molecule has 1 aromatic carbocycles. The highest BCUT2D eigenvalue weighted by Gasteiger charge is 2.13. The molecule has 0 atom stereocenters. The van der Waals surface area contributed by atoms with Gasteiger partial charge in [0.15, 0.2) is 5.82 Å². The third-order valence-corrected chi connectivity index (χ3v) is 3.40. The standard InChI is InChI=1S/C14H16ClN3O/c1-8(2)11-7-12(18-17-11)16-14(19)10-6-4-5-9(3)13(10)15/h4-8H,1-3H3,(H2,16,17,18,19). The Labute approximate surface area is 117 Å². The van der Waals surface area contributed by atoms with E-state index in [0.717, 1.165) is 11.3 Å². The Bertz CT molecular complexity index is 604. The summed E-state index contributed by atoms with van der Waals surface area (Å²) in [6.07, 6.45) is 0. The molecule has 0 saturated heterocycles. The molecule has 1 aromatic heterocycles. The summed E-state index contributed by atoms with van der Waals surface area (Å²) in [4.78, 5) is 12.1. The predicted octanol–water partition coefficient (Wildman–Crippen LogP) is 3.75. The van der Waals surface area contributed by atoms with Gasteiger partial charge in [0.1, 0.15) is 0 Å². The Morgan fingerprint density at radius 1 is 1.42 bits per heavy atom. The average Bonchev–Trinajstić information content (AvgIpc) is 2.81. The first-order valence-electron chi connectivity index (χ1n) is 6.11. The van der Waals surface area contributed by atoms with E-state index in [2.05, 4.69) is 29.4 Å². The fourth-order valence-corrected chi connectivity index (χ4v) is 1.91. The van der Waals surface area contributed by atoms with Gasteiger partial charge in [0.25, 0.3) is 5.91 Å². The molecule has 100 valence electrons. The Hall–Kier alpha value is -1.81. The van der Waals surface area contributed by atoms with Crippen LogP contribution in [-0.2, 0) is 0 Å². The van der Waals surface area contributed by atoms with E-state index in [0.29, 0.717) is 22.3 Å². The highest BCUT2D eigenvalue weighted by atomic mass is 35.5. The molecule has 0 fully saturated rings. The van der Waals surface area contributed by atoms with E-state index in [1.54, 1.807) is 12.1 Å². The van der Waals surface area contributed by atoms with Crippen LogP contribution in [0.15, 0.2) is 24.3 Å². The molecule has 0 bridgehead atoms. The largest absolute Gasteiger partial charge is 0.305 e. The second-order valence-corrected chi connectivity index (χ2v) is 5.13. The minimum atomic E-state index is -0.254. The van der Waals surface area contributed by atoms with Crippen LogP contribution >= 0.6 is 11.6 Å². The van der Waals surface area contributed by atoms with Crippen molar-refractivity contribution < 1.29 is 4.79 Å². The van der Waals surface area contributed by atoms with Gasteiger partial charge < -0.3 is 5.32 Å². The number of benzene rings is 1. The molecular formula is C14H16ClN3O. The van der Waals surface area contributed by atoms with Crippen LogP contribution in [0.5, 0.6) is 0 Å². The number of anilines is 1. The van der Waals surface area contributed by atoms with Crippen molar-refractivity contribution in [3.8, 4) is 0 Å². The molecule has 1 heterocycles. The molecule has 0 radical (unpaired) electrons. The van der Waals surface area contributed by atoms with Crippen molar-refractivity contribution in [1.82, 2.24) is 10.2 Å². The Morgan fingerprint density at radius 3 is 2.79 bits per heavy atom. The number of rotatable bonds is 3. The van der Waals surface area contributed by atoms with Gasteiger partial charge in [-0.15, -0.1) is 0 Å². The molecule has 4 nitrogen and oxygen atoms in total. The smallest absolute Gasteiger partial charge is 0.258 e. The Balaban J connectivity index is 2.18. The van der Waals surface area contributed by atoms with Crippen LogP contribution < -0.4 is 5.32 Å². The molecule has 2 rings (SSSR count). The lowest BCUT2D eigenvalue weighted by Gasteiger charge is -2.06. The maximum absolute atomic E-state index is 12.1. The number of nitrogens with one attached hydrogen (secondary N) is 2. The second kappa shape index (κ2) is 5.45. The average molecular weight is 278 g/mol. The molecule has 2 N–H and O–H groups in total. The quantitative estimate of drug-likeness (QED) is 0.898. The van der Waals surface area contributed by atoms with Crippen molar-refractivity contribution in [1.29, 1.82) is 0 Å². The lowest BCUT2D eigenvalue weighted by molar-refractivity contribution is 0.102. The van der Waals surface area contributed by atoms with Crippen molar-refractivity contribution in [2.24, 2.45) is 0 Å². The maximum Gasteiger partial charge on any atom is 0.258 e. The lowest BCUT2D eigenvalue weighted by Crippen LogP contribution is -2.13. The lowest BCUT2D eigenvalue weighted by atomic mass is 10.1. The summed E-state index contributed by atoms with van der Waals surface area (Å²) in [6.45, 7) is 5.97. The van der Waals surface area contributed by atoms with Crippen molar-refractivity contribution in [3.05, 3.63) is 46.1 Å². The van der Waals surface area contributed by atoms with Gasteiger partial charge in [0, 0.05) is 11.8 Å². The highest BCUT2D eigenvalue weighted by Crippen LogP contribution is 2.22. The summed E-state index contributed by atoms with van der Waals surface area (Å²) >= 11 is 6.12. The van der Waals surface area contributed by atoms with E-state index in [1.807, 2.05) is 19.1 Å². The van der Waals surface area contributed by atoms with Gasteiger partial charge in [-0.3, -0.25) is 9.89 Å². The van der Waals surface area contributed by atoms with Crippen molar-refractivity contribution in [2.45, 2.75) is 26.7 Å². The van der Waals surface area contributed by atoms with Crippen LogP contribution in [0.25, 0.3) is 0 Å². The van der Waals surface area contributed by atoms with Crippen molar-refractivity contribution in [3.63, 3.8) is 0 Å². The number of nitrogens with zero attached hydrogens (tertiary/aromatic N) is 1. The van der Waals surface area contributed by atoms with Gasteiger partial charge in [-0.05, 0) is 24.5 Å². The molecule has 0 aliphatic rings. The minimum Gasteiger partial charge on any atom is -0.305 e. The van der Waals surface area contributed by atoms with Gasteiger partial charge in [-0.25, -0.2) is 0 Å². The summed E-state index contributed by atoms with van der Waals surface area (Å²) in [6, 6.07) is 7.19. The number of amides is 1. The number of aromatic nitrogens is 2. The molecule has 1 amide bonds. The van der Waals surface area contributed by atoms with Gasteiger partial charge in [0.2, 0.25) is 0 Å². The topological polar surface area (TPSA) is 57.8 Å². The SMILES string of the molecule is Cc1cccc(C(=O)Nc2cc(C(C)C)[nH]n2)c1Cl. The van der Waals surface area contributed by atoms with Crippen LogP contribution in [-0.4, -0.2) is 16.1 Å². The fourth-order valence-electron chi connectivity index (χ4n) is 1.70. The number of aryl methyl sites for hydroxylation is 1. The number of hydrogen-bond donors (Lipinski definition) is 2. The number of halogens is 1. The predicted molar refractivity (Wildman–Crippen MR) is 76.8 cm³/mol. The fraction of sp³-hybridized carbons (Fsp3) is 0.286. The van der Waals surface area contributed by atoms with Crippen LogP contribution in [0, 0.1) is 6.92 Å². The first-order valence-corrected chi connectivity index (χ1v) is 6.48. The van der Waals surface area contributed by atoms with E-state index < -0.39 is 0 Å². The molecule has 5 heteroatoms. The molecule has 19 heavy (non-hydrogen) atoms. The van der Waals surface area contributed by atoms with Crippen LogP contribution in [0.4, 0.5) is 5.82 Å². The Kier molecular flexibility index (Phi) is 3.90. The van der Waals surface area contributed by atoms with E-state index in [4.69, 9.17) is 11.6 Å². The van der Waals surface area contributed by atoms with E-state index in [1.165, 1.54) is 0 Å². The zero-order valence-electron chi connectivity index (χ0n) is 11.1. The number of H-pyrrole nitrogens is 1. The third kappa shape index (κ3) is 2.96. The van der Waals surface area contributed by atoms with Crippen molar-refractivity contribution in [2.75, 3.05) is 5.32 Å². The third-order valence-electron chi connectivity index (χ3n) is 2.90. The van der Waals surface area contributed by atoms with Crippen LogP contribution in [0.2, 0.25) is 5.02 Å². The number of aromatic amines is 1.